The lowest BCUT2D eigenvalue weighted by Crippen LogP contribution is -2.12. The zero-order valence-electron chi connectivity index (χ0n) is 6.79. The smallest absolute Gasteiger partial charge is 0.108 e. The number of hydrogen-bond acceptors (Lipinski definition) is 1. The Morgan fingerprint density at radius 1 is 1.50 bits per heavy atom. The quantitative estimate of drug-likeness (QED) is 0.646. The average molecular weight is 207 g/mol. The van der Waals surface area contributed by atoms with Crippen LogP contribution >= 0.6 is 24.0 Å². The topological polar surface area (TPSA) is 17.8 Å². The molecule has 0 aromatic carbocycles. The van der Waals surface area contributed by atoms with Crippen LogP contribution < -0.4 is 0 Å². The van der Waals surface area contributed by atoms with Gasteiger partial charge < -0.3 is 4.57 Å². The molecule has 2 nitrogen and oxygen atoms in total. The van der Waals surface area contributed by atoms with Crippen LogP contribution in [0, 0.1) is 0 Å². The summed E-state index contributed by atoms with van der Waals surface area (Å²) in [7, 11) is 0. The number of alkyl halides is 1. The van der Waals surface area contributed by atoms with E-state index in [0.29, 0.717) is 5.88 Å². The molecule has 0 fully saturated rings. The fourth-order valence-electron chi connectivity index (χ4n) is 1.59. The van der Waals surface area contributed by atoms with Gasteiger partial charge in [-0.05, 0) is 12.8 Å². The fraction of sp³-hybridized carbons (Fsp3) is 0.625. The second-order valence-electron chi connectivity index (χ2n) is 2.91. The van der Waals surface area contributed by atoms with Gasteiger partial charge in [-0.2, -0.15) is 0 Å². The van der Waals surface area contributed by atoms with Gasteiger partial charge in [0.15, 0.2) is 0 Å². The van der Waals surface area contributed by atoms with Gasteiger partial charge in [-0.15, -0.1) is 24.0 Å². The lowest BCUT2D eigenvalue weighted by Gasteiger charge is -2.14. The third-order valence-corrected chi connectivity index (χ3v) is 2.46. The first-order chi connectivity index (χ1) is 5.42. The second-order valence-corrected chi connectivity index (χ2v) is 3.18. The summed E-state index contributed by atoms with van der Waals surface area (Å²) in [6.07, 6.45) is 5.57. The Kier molecular flexibility index (Phi) is 3.41. The largest absolute Gasteiger partial charge is 0.331 e. The highest BCUT2D eigenvalue weighted by Gasteiger charge is 2.12. The number of imidazole rings is 1. The molecule has 2 heterocycles. The highest BCUT2D eigenvalue weighted by Crippen LogP contribution is 2.16. The summed E-state index contributed by atoms with van der Waals surface area (Å²) in [6.45, 7) is 1.11. The minimum atomic E-state index is 0. The summed E-state index contributed by atoms with van der Waals surface area (Å²) in [4.78, 5) is 4.31. The molecular weight excluding hydrogens is 195 g/mol. The lowest BCUT2D eigenvalue weighted by molar-refractivity contribution is 0.513. The molecule has 0 aliphatic carbocycles. The fourth-order valence-corrected chi connectivity index (χ4v) is 1.80. The van der Waals surface area contributed by atoms with E-state index in [2.05, 4.69) is 9.55 Å². The number of aromatic nitrogens is 2. The van der Waals surface area contributed by atoms with Crippen molar-refractivity contribution >= 4 is 24.0 Å². The van der Waals surface area contributed by atoms with Crippen molar-refractivity contribution in [3.05, 3.63) is 17.7 Å². The van der Waals surface area contributed by atoms with Crippen molar-refractivity contribution in [2.24, 2.45) is 0 Å². The van der Waals surface area contributed by atoms with E-state index in [0.717, 1.165) is 13.0 Å². The predicted octanol–water partition coefficient (Wildman–Crippen LogP) is 2.38. The molecule has 1 aromatic rings. The number of aryl methyl sites for hydroxylation is 1. The van der Waals surface area contributed by atoms with Gasteiger partial charge in [0.2, 0.25) is 0 Å². The number of fused-ring (bicyclic) bond motifs is 1. The van der Waals surface area contributed by atoms with Gasteiger partial charge in [0.1, 0.15) is 5.82 Å². The average Bonchev–Trinajstić information content (AvgIpc) is 2.47. The van der Waals surface area contributed by atoms with E-state index in [4.69, 9.17) is 11.6 Å². The normalized spacial score (nSPS) is 15.1. The summed E-state index contributed by atoms with van der Waals surface area (Å²) in [5.74, 6) is 1.81. The van der Waals surface area contributed by atoms with E-state index in [-0.39, 0.29) is 12.4 Å². The molecule has 0 saturated heterocycles. The Morgan fingerprint density at radius 2 is 2.33 bits per heavy atom. The SMILES string of the molecule is Cl.ClCc1cnc2n1CCCC2. The number of rotatable bonds is 1. The van der Waals surface area contributed by atoms with Crippen molar-refractivity contribution in [2.45, 2.75) is 31.7 Å². The molecule has 68 valence electrons. The summed E-state index contributed by atoms with van der Waals surface area (Å²) in [6, 6.07) is 0. The highest BCUT2D eigenvalue weighted by molar-refractivity contribution is 6.16. The number of halogens is 2. The van der Waals surface area contributed by atoms with E-state index in [1.54, 1.807) is 0 Å². The van der Waals surface area contributed by atoms with Crippen molar-refractivity contribution in [1.29, 1.82) is 0 Å². The van der Waals surface area contributed by atoms with Crippen LogP contribution in [0.1, 0.15) is 24.4 Å². The molecule has 0 N–H and O–H groups in total. The summed E-state index contributed by atoms with van der Waals surface area (Å²) in [5.41, 5.74) is 1.17. The van der Waals surface area contributed by atoms with Crippen molar-refractivity contribution < 1.29 is 0 Å². The van der Waals surface area contributed by atoms with Gasteiger partial charge in [-0.1, -0.05) is 0 Å². The minimum Gasteiger partial charge on any atom is -0.331 e. The number of nitrogens with zero attached hydrogens (tertiary/aromatic N) is 2. The zero-order chi connectivity index (χ0) is 7.68. The van der Waals surface area contributed by atoms with Crippen molar-refractivity contribution in [1.82, 2.24) is 9.55 Å². The van der Waals surface area contributed by atoms with E-state index >= 15 is 0 Å². The summed E-state index contributed by atoms with van der Waals surface area (Å²) >= 11 is 5.74. The van der Waals surface area contributed by atoms with Crippen LogP contribution in [0.3, 0.4) is 0 Å². The number of hydrogen-bond donors (Lipinski definition) is 0. The third kappa shape index (κ3) is 1.59. The van der Waals surface area contributed by atoms with E-state index in [9.17, 15) is 0 Å². The maximum Gasteiger partial charge on any atom is 0.108 e. The predicted molar refractivity (Wildman–Crippen MR) is 52.0 cm³/mol. The molecule has 12 heavy (non-hydrogen) atoms. The molecule has 0 bridgehead atoms. The Balaban J connectivity index is 0.000000720. The van der Waals surface area contributed by atoms with Gasteiger partial charge >= 0.3 is 0 Å². The molecule has 4 heteroatoms. The molecule has 0 saturated carbocycles. The Labute approximate surface area is 83.3 Å². The molecule has 1 aliphatic rings. The van der Waals surface area contributed by atoms with Crippen LogP contribution in [0.4, 0.5) is 0 Å². The van der Waals surface area contributed by atoms with E-state index < -0.39 is 0 Å². The Morgan fingerprint density at radius 3 is 3.08 bits per heavy atom. The van der Waals surface area contributed by atoms with E-state index in [1.165, 1.54) is 24.4 Å². The zero-order valence-corrected chi connectivity index (χ0v) is 8.37. The van der Waals surface area contributed by atoms with Crippen LogP contribution in [0.25, 0.3) is 0 Å². The molecule has 2 rings (SSSR count). The molecule has 0 amide bonds. The first kappa shape index (κ1) is 9.87. The standard InChI is InChI=1S/C8H11ClN2.ClH/c9-5-7-6-10-8-3-1-2-4-11(7)8;/h6H,1-5H2;1H. The molecule has 0 atom stereocenters. The first-order valence-corrected chi connectivity index (χ1v) is 4.54. The third-order valence-electron chi connectivity index (χ3n) is 2.19. The van der Waals surface area contributed by atoms with Gasteiger partial charge in [-0.3, -0.25) is 0 Å². The van der Waals surface area contributed by atoms with Crippen LogP contribution in [-0.4, -0.2) is 9.55 Å². The lowest BCUT2D eigenvalue weighted by atomic mass is 10.2. The van der Waals surface area contributed by atoms with Crippen LogP contribution in [0.2, 0.25) is 0 Å². The van der Waals surface area contributed by atoms with Crippen molar-refractivity contribution in [3.8, 4) is 0 Å². The maximum absolute atomic E-state index is 5.74. The van der Waals surface area contributed by atoms with Crippen LogP contribution in [0.5, 0.6) is 0 Å². The van der Waals surface area contributed by atoms with E-state index in [1.807, 2.05) is 6.20 Å². The van der Waals surface area contributed by atoms with Gasteiger partial charge in [-0.25, -0.2) is 4.98 Å². The van der Waals surface area contributed by atoms with Crippen LogP contribution in [-0.2, 0) is 18.8 Å². The van der Waals surface area contributed by atoms with Gasteiger partial charge in [0.25, 0.3) is 0 Å². The summed E-state index contributed by atoms with van der Waals surface area (Å²) in [5, 5.41) is 0. The minimum absolute atomic E-state index is 0. The molecule has 0 unspecified atom stereocenters. The van der Waals surface area contributed by atoms with Gasteiger partial charge in [0, 0.05) is 19.2 Å². The monoisotopic (exact) mass is 206 g/mol. The second kappa shape index (κ2) is 4.15. The van der Waals surface area contributed by atoms with Crippen LogP contribution in [0.15, 0.2) is 6.20 Å². The van der Waals surface area contributed by atoms with Crippen molar-refractivity contribution in [2.75, 3.05) is 0 Å². The Bertz CT molecular complexity index is 244. The molecule has 0 spiro atoms. The molecule has 1 aliphatic heterocycles. The Hall–Kier alpha value is -0.210. The molecular formula is C8H12Cl2N2. The molecule has 0 radical (unpaired) electrons. The van der Waals surface area contributed by atoms with Gasteiger partial charge in [0.05, 0.1) is 11.6 Å². The summed E-state index contributed by atoms with van der Waals surface area (Å²) < 4.78 is 2.25. The molecule has 1 aromatic heterocycles. The van der Waals surface area contributed by atoms with Crippen molar-refractivity contribution in [3.63, 3.8) is 0 Å². The first-order valence-electron chi connectivity index (χ1n) is 4.01. The maximum atomic E-state index is 5.74. The highest BCUT2D eigenvalue weighted by atomic mass is 35.5.